The van der Waals surface area contributed by atoms with E-state index >= 15 is 0 Å². The minimum absolute atomic E-state index is 0.271. The molecule has 0 amide bonds. The maximum absolute atomic E-state index is 14.4. The molecule has 4 aromatic rings. The molecule has 0 N–H and O–H groups in total. The number of aromatic nitrogens is 3. The summed E-state index contributed by atoms with van der Waals surface area (Å²) in [5.74, 6) is -0.170. The molecule has 1 fully saturated rings. The van der Waals surface area contributed by atoms with Crippen LogP contribution in [0.15, 0.2) is 60.8 Å². The highest BCUT2D eigenvalue weighted by molar-refractivity contribution is 5.64. The Morgan fingerprint density at radius 2 is 1.87 bits per heavy atom. The Balaban J connectivity index is 1.56. The quantitative estimate of drug-likeness (QED) is 0.491. The number of hydrogen-bond donors (Lipinski definition) is 0. The highest BCUT2D eigenvalue weighted by atomic mass is 19.1. The fraction of sp³-hybridized carbons (Fsp3) is 0.174. The summed E-state index contributed by atoms with van der Waals surface area (Å²) in [6.07, 6.45) is 3.33. The summed E-state index contributed by atoms with van der Waals surface area (Å²) in [4.78, 5) is 6.43. The van der Waals surface area contributed by atoms with Crippen LogP contribution in [0.1, 0.15) is 30.0 Å². The molecule has 148 valence electrons. The number of halogens is 2. The van der Waals surface area contributed by atoms with Crippen LogP contribution in [0.5, 0.6) is 0 Å². The molecule has 1 atom stereocenters. The van der Waals surface area contributed by atoms with Gasteiger partial charge < -0.3 is 4.90 Å². The van der Waals surface area contributed by atoms with Gasteiger partial charge in [-0.25, -0.2) is 18.3 Å². The van der Waals surface area contributed by atoms with Crippen molar-refractivity contribution in [2.45, 2.75) is 18.9 Å². The molecule has 3 heterocycles. The Morgan fingerprint density at radius 1 is 1.03 bits per heavy atom. The molecule has 7 heteroatoms. The first-order chi connectivity index (χ1) is 14.6. The number of anilines is 1. The van der Waals surface area contributed by atoms with E-state index in [1.807, 2.05) is 29.2 Å². The maximum atomic E-state index is 14.4. The van der Waals surface area contributed by atoms with Crippen LogP contribution in [0.4, 0.5) is 14.6 Å². The summed E-state index contributed by atoms with van der Waals surface area (Å²) in [5.41, 5.74) is 3.31. The summed E-state index contributed by atoms with van der Waals surface area (Å²) in [7, 11) is 0. The van der Waals surface area contributed by atoms with Crippen LogP contribution in [0.3, 0.4) is 0 Å². The summed E-state index contributed by atoms with van der Waals surface area (Å²) in [6.45, 7) is 0.708. The number of nitrogens with zero attached hydrogens (tertiary/aromatic N) is 5. The van der Waals surface area contributed by atoms with Crippen LogP contribution < -0.4 is 4.90 Å². The highest BCUT2D eigenvalue weighted by Gasteiger charge is 2.30. The van der Waals surface area contributed by atoms with Gasteiger partial charge in [-0.1, -0.05) is 12.1 Å². The van der Waals surface area contributed by atoms with Crippen LogP contribution in [0.2, 0.25) is 0 Å². The van der Waals surface area contributed by atoms with Gasteiger partial charge in [-0.15, -0.1) is 5.10 Å². The van der Waals surface area contributed by atoms with Gasteiger partial charge in [0.2, 0.25) is 0 Å². The molecule has 0 aliphatic carbocycles. The van der Waals surface area contributed by atoms with Gasteiger partial charge >= 0.3 is 0 Å². The van der Waals surface area contributed by atoms with E-state index in [9.17, 15) is 8.78 Å². The molecular weight excluding hydrogens is 384 g/mol. The van der Waals surface area contributed by atoms with Crippen LogP contribution in [0.25, 0.3) is 16.9 Å². The van der Waals surface area contributed by atoms with Gasteiger partial charge in [0.25, 0.3) is 0 Å². The van der Waals surface area contributed by atoms with E-state index in [1.165, 1.54) is 12.1 Å². The third-order valence-corrected chi connectivity index (χ3v) is 5.52. The number of imidazole rings is 1. The van der Waals surface area contributed by atoms with Crippen molar-refractivity contribution in [3.05, 3.63) is 83.6 Å². The van der Waals surface area contributed by atoms with Crippen molar-refractivity contribution < 1.29 is 8.78 Å². The van der Waals surface area contributed by atoms with Crippen LogP contribution >= 0.6 is 0 Å². The monoisotopic (exact) mass is 401 g/mol. The number of nitriles is 1. The van der Waals surface area contributed by atoms with Gasteiger partial charge in [0.1, 0.15) is 17.5 Å². The molecule has 0 saturated carbocycles. The van der Waals surface area contributed by atoms with Crippen LogP contribution in [-0.4, -0.2) is 21.1 Å². The molecule has 2 aromatic heterocycles. The van der Waals surface area contributed by atoms with E-state index in [2.05, 4.69) is 11.1 Å². The van der Waals surface area contributed by atoms with Crippen molar-refractivity contribution in [1.82, 2.24) is 14.6 Å². The Labute approximate surface area is 171 Å². The molecule has 5 rings (SSSR count). The fourth-order valence-corrected chi connectivity index (χ4v) is 4.06. The normalized spacial score (nSPS) is 16.2. The third kappa shape index (κ3) is 3.07. The molecule has 1 aliphatic rings. The van der Waals surface area contributed by atoms with Gasteiger partial charge in [0.05, 0.1) is 29.6 Å². The van der Waals surface area contributed by atoms with E-state index < -0.39 is 11.6 Å². The average Bonchev–Trinajstić information content (AvgIpc) is 3.42. The lowest BCUT2D eigenvalue weighted by Crippen LogP contribution is -2.25. The van der Waals surface area contributed by atoms with Crippen LogP contribution in [0, 0.1) is 23.0 Å². The minimum atomic E-state index is -0.445. The Hall–Kier alpha value is -3.79. The van der Waals surface area contributed by atoms with Crippen molar-refractivity contribution in [3.63, 3.8) is 0 Å². The zero-order valence-electron chi connectivity index (χ0n) is 16.0. The van der Waals surface area contributed by atoms with Gasteiger partial charge in [-0.2, -0.15) is 5.26 Å². The maximum Gasteiger partial charge on any atom is 0.154 e. The first-order valence-electron chi connectivity index (χ1n) is 9.71. The Morgan fingerprint density at radius 3 is 2.67 bits per heavy atom. The molecule has 0 bridgehead atoms. The van der Waals surface area contributed by atoms with E-state index in [0.29, 0.717) is 29.1 Å². The highest BCUT2D eigenvalue weighted by Crippen LogP contribution is 2.37. The summed E-state index contributed by atoms with van der Waals surface area (Å²) in [6, 6.07) is 16.4. The second-order valence-corrected chi connectivity index (χ2v) is 7.31. The number of hydrogen-bond acceptors (Lipinski definition) is 4. The average molecular weight is 401 g/mol. The van der Waals surface area contributed by atoms with Gasteiger partial charge in [0, 0.05) is 17.7 Å². The number of fused-ring (bicyclic) bond motifs is 1. The molecule has 0 spiro atoms. The minimum Gasteiger partial charge on any atom is -0.348 e. The second kappa shape index (κ2) is 7.23. The molecule has 1 aliphatic heterocycles. The number of benzene rings is 2. The molecule has 2 aromatic carbocycles. The topological polar surface area (TPSA) is 57.2 Å². The molecule has 30 heavy (non-hydrogen) atoms. The van der Waals surface area contributed by atoms with Gasteiger partial charge in [-0.3, -0.25) is 0 Å². The standard InChI is InChI=1S/C23H17F2N5/c24-17-7-8-19(25)18(12-17)20-2-1-11-29(20)23-10-9-22-27-14-21(30(22)28-23)16-5-3-15(13-26)4-6-16/h3-10,12,14,20H,1-2,11H2. The zero-order chi connectivity index (χ0) is 20.7. The lowest BCUT2D eigenvalue weighted by molar-refractivity contribution is 0.559. The third-order valence-electron chi connectivity index (χ3n) is 5.52. The SMILES string of the molecule is N#Cc1ccc(-c2cnc3ccc(N4CCCC4c4cc(F)ccc4F)nn23)cc1. The summed E-state index contributed by atoms with van der Waals surface area (Å²) in [5, 5.41) is 13.8. The predicted octanol–water partition coefficient (Wildman–Crippen LogP) is 4.89. The van der Waals surface area contributed by atoms with E-state index in [1.54, 1.807) is 22.8 Å². The van der Waals surface area contributed by atoms with Crippen molar-refractivity contribution in [3.8, 4) is 17.3 Å². The Kier molecular flexibility index (Phi) is 4.40. The number of rotatable bonds is 3. The van der Waals surface area contributed by atoms with Crippen molar-refractivity contribution in [2.24, 2.45) is 0 Å². The zero-order valence-corrected chi connectivity index (χ0v) is 16.0. The van der Waals surface area contributed by atoms with Crippen molar-refractivity contribution in [1.29, 1.82) is 5.26 Å². The largest absolute Gasteiger partial charge is 0.348 e. The van der Waals surface area contributed by atoms with Gasteiger partial charge in [-0.05, 0) is 55.3 Å². The van der Waals surface area contributed by atoms with Gasteiger partial charge in [0.15, 0.2) is 5.65 Å². The smallest absolute Gasteiger partial charge is 0.154 e. The van der Waals surface area contributed by atoms with E-state index in [0.717, 1.165) is 30.2 Å². The fourth-order valence-electron chi connectivity index (χ4n) is 4.06. The van der Waals surface area contributed by atoms with Crippen molar-refractivity contribution in [2.75, 3.05) is 11.4 Å². The molecule has 0 radical (unpaired) electrons. The lowest BCUT2D eigenvalue weighted by atomic mass is 10.0. The Bertz CT molecular complexity index is 1270. The first kappa shape index (κ1) is 18.3. The molecule has 1 unspecified atom stereocenters. The molecule has 1 saturated heterocycles. The van der Waals surface area contributed by atoms with E-state index in [4.69, 9.17) is 10.4 Å². The van der Waals surface area contributed by atoms with Crippen LogP contribution in [-0.2, 0) is 0 Å². The first-order valence-corrected chi connectivity index (χ1v) is 9.71. The molecular formula is C23H17F2N5. The predicted molar refractivity (Wildman–Crippen MR) is 109 cm³/mol. The van der Waals surface area contributed by atoms with Crippen molar-refractivity contribution >= 4 is 11.5 Å². The molecule has 5 nitrogen and oxygen atoms in total. The van der Waals surface area contributed by atoms with E-state index in [-0.39, 0.29) is 6.04 Å². The lowest BCUT2D eigenvalue weighted by Gasteiger charge is -2.26. The second-order valence-electron chi connectivity index (χ2n) is 7.31. The summed E-state index contributed by atoms with van der Waals surface area (Å²) < 4.78 is 29.9. The summed E-state index contributed by atoms with van der Waals surface area (Å²) >= 11 is 0.